The highest BCUT2D eigenvalue weighted by atomic mass is 19.4. The molecule has 1 saturated heterocycles. The molecular formula is C12H19F3N2O2. The highest BCUT2D eigenvalue weighted by Gasteiger charge is 2.58. The molecule has 110 valence electrons. The Kier molecular flexibility index (Phi) is 3.79. The number of alkyl halides is 3. The lowest BCUT2D eigenvalue weighted by Gasteiger charge is -2.30. The van der Waals surface area contributed by atoms with Crippen LogP contribution in [-0.2, 0) is 4.79 Å². The number of nitrogens with two attached hydrogens (primary N) is 1. The van der Waals surface area contributed by atoms with Gasteiger partial charge < -0.3 is 15.7 Å². The Bertz CT molecular complexity index is 361. The predicted molar refractivity (Wildman–Crippen MR) is 62.1 cm³/mol. The van der Waals surface area contributed by atoms with E-state index in [0.29, 0.717) is 12.8 Å². The van der Waals surface area contributed by atoms with Gasteiger partial charge in [0.05, 0.1) is 6.54 Å². The Hall–Kier alpha value is -0.820. The van der Waals surface area contributed by atoms with Crippen molar-refractivity contribution in [3.8, 4) is 0 Å². The number of hydrogen-bond donors (Lipinski definition) is 2. The number of rotatable bonds is 1. The Labute approximate surface area is 109 Å². The van der Waals surface area contributed by atoms with E-state index in [1.165, 1.54) is 0 Å². The number of likely N-dealkylation sites (tertiary alicyclic amines) is 1. The average Bonchev–Trinajstić information content (AvgIpc) is 2.72. The second-order valence-electron chi connectivity index (χ2n) is 5.66. The van der Waals surface area contributed by atoms with Crippen LogP contribution in [0.2, 0.25) is 0 Å². The molecule has 2 fully saturated rings. The summed E-state index contributed by atoms with van der Waals surface area (Å²) in [6.45, 7) is -0.693. The van der Waals surface area contributed by atoms with Gasteiger partial charge in [-0.1, -0.05) is 6.42 Å². The summed E-state index contributed by atoms with van der Waals surface area (Å²) in [5.74, 6) is -0.588. The minimum absolute atomic E-state index is 0.0411. The van der Waals surface area contributed by atoms with Crippen LogP contribution in [0.15, 0.2) is 0 Å². The van der Waals surface area contributed by atoms with Crippen LogP contribution in [0.4, 0.5) is 13.2 Å². The van der Waals surface area contributed by atoms with Gasteiger partial charge in [-0.25, -0.2) is 0 Å². The number of amides is 1. The maximum absolute atomic E-state index is 12.7. The molecule has 1 heterocycles. The number of nitrogens with zero attached hydrogens (tertiary/aromatic N) is 1. The van der Waals surface area contributed by atoms with Crippen LogP contribution in [-0.4, -0.2) is 46.8 Å². The molecule has 7 heteroatoms. The molecule has 0 spiro atoms. The molecule has 19 heavy (non-hydrogen) atoms. The van der Waals surface area contributed by atoms with Gasteiger partial charge in [-0.2, -0.15) is 13.2 Å². The lowest BCUT2D eigenvalue weighted by molar-refractivity contribution is -0.253. The fourth-order valence-corrected chi connectivity index (χ4v) is 2.92. The summed E-state index contributed by atoms with van der Waals surface area (Å²) in [6.07, 6.45) is -2.25. The molecule has 0 radical (unpaired) electrons. The van der Waals surface area contributed by atoms with E-state index in [2.05, 4.69) is 0 Å². The fraction of sp³-hybridized carbons (Fsp3) is 0.917. The fourth-order valence-electron chi connectivity index (χ4n) is 2.92. The van der Waals surface area contributed by atoms with Gasteiger partial charge in [-0.15, -0.1) is 0 Å². The number of β-amino-alcohol motifs (C(OH)–C–C–N with tert-alkyl or cyclic N) is 1. The molecule has 3 N–H and O–H groups in total. The van der Waals surface area contributed by atoms with Crippen molar-refractivity contribution in [2.75, 3.05) is 13.1 Å². The lowest BCUT2D eigenvalue weighted by atomic mass is 9.85. The third-order valence-corrected chi connectivity index (χ3v) is 4.15. The van der Waals surface area contributed by atoms with Gasteiger partial charge in [0.2, 0.25) is 5.91 Å². The summed E-state index contributed by atoms with van der Waals surface area (Å²) in [6, 6.07) is -0.0493. The molecule has 3 unspecified atom stereocenters. The summed E-state index contributed by atoms with van der Waals surface area (Å²) in [4.78, 5) is 13.3. The second-order valence-corrected chi connectivity index (χ2v) is 5.66. The standard InChI is InChI=1S/C12H19F3N2O2/c13-12(14,15)11(19)4-5-17(7-11)10(18)8-2-1-3-9(16)6-8/h8-9,19H,1-7,16H2. The van der Waals surface area contributed by atoms with E-state index in [1.54, 1.807) is 0 Å². The number of carbonyl (C=O) groups excluding carboxylic acids is 1. The molecule has 1 saturated carbocycles. The van der Waals surface area contributed by atoms with E-state index in [0.717, 1.165) is 17.7 Å². The van der Waals surface area contributed by atoms with Gasteiger partial charge in [0, 0.05) is 24.9 Å². The van der Waals surface area contributed by atoms with Crippen molar-refractivity contribution in [1.29, 1.82) is 0 Å². The van der Waals surface area contributed by atoms with Crippen molar-refractivity contribution in [2.45, 2.75) is 49.9 Å². The van der Waals surface area contributed by atoms with Gasteiger partial charge in [0.1, 0.15) is 0 Å². The zero-order valence-corrected chi connectivity index (χ0v) is 10.6. The molecule has 2 aliphatic rings. The average molecular weight is 280 g/mol. The number of aliphatic hydroxyl groups is 1. The first-order valence-electron chi connectivity index (χ1n) is 6.56. The molecular weight excluding hydrogens is 261 g/mol. The molecule has 0 aromatic carbocycles. The van der Waals surface area contributed by atoms with Crippen molar-refractivity contribution in [3.05, 3.63) is 0 Å². The Balaban J connectivity index is 1.99. The smallest absolute Gasteiger partial charge is 0.379 e. The molecule has 2 rings (SSSR count). The van der Waals surface area contributed by atoms with Gasteiger partial charge in [0.15, 0.2) is 5.60 Å². The lowest BCUT2D eigenvalue weighted by Crippen LogP contribution is -2.49. The summed E-state index contributed by atoms with van der Waals surface area (Å²) in [5.41, 5.74) is 3.03. The molecule has 4 nitrogen and oxygen atoms in total. The minimum Gasteiger partial charge on any atom is -0.379 e. The van der Waals surface area contributed by atoms with Crippen LogP contribution in [0, 0.1) is 5.92 Å². The summed E-state index contributed by atoms with van der Waals surface area (Å²) >= 11 is 0. The Morgan fingerprint density at radius 2 is 2.05 bits per heavy atom. The SMILES string of the molecule is NC1CCCC(C(=O)N2CCC(O)(C(F)(F)F)C2)C1. The topological polar surface area (TPSA) is 66.6 Å². The first kappa shape index (κ1) is 14.6. The number of halogens is 3. The van der Waals surface area contributed by atoms with E-state index in [9.17, 15) is 23.1 Å². The van der Waals surface area contributed by atoms with Gasteiger partial charge in [-0.3, -0.25) is 4.79 Å². The maximum Gasteiger partial charge on any atom is 0.419 e. The molecule has 3 atom stereocenters. The first-order chi connectivity index (χ1) is 8.73. The van der Waals surface area contributed by atoms with Crippen molar-refractivity contribution in [1.82, 2.24) is 4.90 Å². The molecule has 0 aromatic heterocycles. The van der Waals surface area contributed by atoms with Crippen molar-refractivity contribution in [2.24, 2.45) is 11.7 Å². The zero-order chi connectivity index (χ0) is 14.3. The number of hydrogen-bond acceptors (Lipinski definition) is 3. The van der Waals surface area contributed by atoms with Gasteiger partial charge in [0.25, 0.3) is 0 Å². The minimum atomic E-state index is -4.69. The molecule has 1 amide bonds. The zero-order valence-electron chi connectivity index (χ0n) is 10.6. The summed E-state index contributed by atoms with van der Waals surface area (Å²) in [5, 5.41) is 9.55. The monoisotopic (exact) mass is 280 g/mol. The Morgan fingerprint density at radius 3 is 2.58 bits per heavy atom. The van der Waals surface area contributed by atoms with E-state index in [-0.39, 0.29) is 24.4 Å². The van der Waals surface area contributed by atoms with E-state index >= 15 is 0 Å². The van der Waals surface area contributed by atoms with E-state index in [1.807, 2.05) is 0 Å². The molecule has 0 bridgehead atoms. The molecule has 1 aliphatic heterocycles. The van der Waals surface area contributed by atoms with Crippen LogP contribution in [0.1, 0.15) is 32.1 Å². The third kappa shape index (κ3) is 2.86. The van der Waals surface area contributed by atoms with Crippen molar-refractivity contribution in [3.63, 3.8) is 0 Å². The van der Waals surface area contributed by atoms with Crippen molar-refractivity contribution < 1.29 is 23.1 Å². The highest BCUT2D eigenvalue weighted by Crippen LogP contribution is 2.38. The van der Waals surface area contributed by atoms with Crippen LogP contribution in [0.3, 0.4) is 0 Å². The quantitative estimate of drug-likeness (QED) is 0.754. The van der Waals surface area contributed by atoms with E-state index in [4.69, 9.17) is 5.73 Å². The van der Waals surface area contributed by atoms with Crippen molar-refractivity contribution >= 4 is 5.91 Å². The summed E-state index contributed by atoms with van der Waals surface area (Å²) < 4.78 is 38.0. The Morgan fingerprint density at radius 1 is 1.37 bits per heavy atom. The number of carbonyl (C=O) groups is 1. The largest absolute Gasteiger partial charge is 0.419 e. The van der Waals surface area contributed by atoms with Crippen LogP contribution >= 0.6 is 0 Å². The predicted octanol–water partition coefficient (Wildman–Crippen LogP) is 1.03. The highest BCUT2D eigenvalue weighted by molar-refractivity contribution is 5.79. The van der Waals surface area contributed by atoms with Gasteiger partial charge in [-0.05, 0) is 19.3 Å². The molecule has 1 aliphatic carbocycles. The third-order valence-electron chi connectivity index (χ3n) is 4.15. The molecule has 0 aromatic rings. The second kappa shape index (κ2) is 4.94. The van der Waals surface area contributed by atoms with Crippen LogP contribution in [0.5, 0.6) is 0 Å². The maximum atomic E-state index is 12.7. The van der Waals surface area contributed by atoms with Gasteiger partial charge >= 0.3 is 6.18 Å². The first-order valence-corrected chi connectivity index (χ1v) is 6.56. The van der Waals surface area contributed by atoms with Crippen LogP contribution < -0.4 is 5.73 Å². The summed E-state index contributed by atoms with van der Waals surface area (Å²) in [7, 11) is 0. The normalized spacial score (nSPS) is 36.6. The van der Waals surface area contributed by atoms with E-state index < -0.39 is 24.7 Å². The van der Waals surface area contributed by atoms with Crippen LogP contribution in [0.25, 0.3) is 0 Å².